The van der Waals surface area contributed by atoms with Crippen LogP contribution in [0, 0.1) is 13.8 Å². The molecule has 0 radical (unpaired) electrons. The summed E-state index contributed by atoms with van der Waals surface area (Å²) >= 11 is 3.13. The molecular formula is C23H20N4O2S2. The highest BCUT2D eigenvalue weighted by Gasteiger charge is 2.34. The third-order valence-corrected chi connectivity index (χ3v) is 6.88. The second kappa shape index (κ2) is 8.28. The summed E-state index contributed by atoms with van der Waals surface area (Å²) in [5.74, 6) is 1.22. The number of amides is 1. The van der Waals surface area contributed by atoms with Gasteiger partial charge < -0.3 is 9.73 Å². The number of rotatable bonds is 6. The summed E-state index contributed by atoms with van der Waals surface area (Å²) in [5, 5.41) is 12.2. The van der Waals surface area contributed by atoms with Crippen molar-refractivity contribution in [1.29, 1.82) is 0 Å². The van der Waals surface area contributed by atoms with Crippen LogP contribution in [0.3, 0.4) is 0 Å². The van der Waals surface area contributed by atoms with Crippen LogP contribution in [0.2, 0.25) is 0 Å². The minimum Gasteiger partial charge on any atom is -0.440 e. The number of aryl methyl sites for hydroxylation is 2. The van der Waals surface area contributed by atoms with Crippen molar-refractivity contribution in [2.24, 2.45) is 0 Å². The zero-order valence-electron chi connectivity index (χ0n) is 17.1. The quantitative estimate of drug-likeness (QED) is 0.384. The van der Waals surface area contributed by atoms with Gasteiger partial charge in [0.05, 0.1) is 0 Å². The van der Waals surface area contributed by atoms with Gasteiger partial charge in [0.2, 0.25) is 5.89 Å². The molecule has 2 aromatic heterocycles. The van der Waals surface area contributed by atoms with Crippen LogP contribution in [-0.2, 0) is 0 Å². The van der Waals surface area contributed by atoms with Crippen LogP contribution in [0.4, 0.5) is 5.69 Å². The molecule has 1 amide bonds. The van der Waals surface area contributed by atoms with Crippen molar-refractivity contribution in [1.82, 2.24) is 15.2 Å². The van der Waals surface area contributed by atoms with Crippen molar-refractivity contribution in [2.45, 2.75) is 41.8 Å². The number of oxazole rings is 1. The molecule has 31 heavy (non-hydrogen) atoms. The third kappa shape index (κ3) is 4.40. The molecule has 1 saturated carbocycles. The first-order valence-corrected chi connectivity index (χ1v) is 11.7. The van der Waals surface area contributed by atoms with E-state index < -0.39 is 0 Å². The fourth-order valence-electron chi connectivity index (χ4n) is 3.26. The largest absolute Gasteiger partial charge is 0.440 e. The Morgan fingerprint density at radius 1 is 1.13 bits per heavy atom. The number of aromatic nitrogens is 3. The van der Waals surface area contributed by atoms with E-state index in [1.165, 1.54) is 0 Å². The Bertz CT molecular complexity index is 1250. The van der Waals surface area contributed by atoms with Crippen LogP contribution in [0.25, 0.3) is 11.5 Å². The molecule has 0 aliphatic heterocycles. The van der Waals surface area contributed by atoms with Gasteiger partial charge in [-0.2, -0.15) is 0 Å². The summed E-state index contributed by atoms with van der Waals surface area (Å²) in [6.45, 7) is 3.92. The van der Waals surface area contributed by atoms with Gasteiger partial charge in [-0.05, 0) is 62.6 Å². The number of benzene rings is 2. The summed E-state index contributed by atoms with van der Waals surface area (Å²) < 4.78 is 6.92. The summed E-state index contributed by atoms with van der Waals surface area (Å²) in [5.41, 5.74) is 2.98. The molecular weight excluding hydrogens is 428 g/mol. The van der Waals surface area contributed by atoms with E-state index in [1.54, 1.807) is 23.1 Å². The van der Waals surface area contributed by atoms with E-state index in [4.69, 9.17) is 4.42 Å². The van der Waals surface area contributed by atoms with Gasteiger partial charge in [-0.3, -0.25) is 4.79 Å². The fourth-order valence-corrected chi connectivity index (χ4v) is 5.15. The van der Waals surface area contributed by atoms with E-state index in [1.807, 2.05) is 62.4 Å². The number of nitrogens with one attached hydrogen (secondary N) is 1. The highest BCUT2D eigenvalue weighted by atomic mass is 32.2. The van der Waals surface area contributed by atoms with Gasteiger partial charge in [0.15, 0.2) is 10.0 Å². The normalized spacial score (nSPS) is 13.4. The second-order valence-corrected chi connectivity index (χ2v) is 9.99. The molecule has 1 fully saturated rings. The number of hydrogen-bond donors (Lipinski definition) is 1. The highest BCUT2D eigenvalue weighted by Crippen LogP contribution is 2.43. The number of carbonyl (C=O) groups excluding carboxylic acids is 1. The molecule has 1 N–H and O–H groups in total. The maximum atomic E-state index is 13.1. The lowest BCUT2D eigenvalue weighted by molar-refractivity contribution is 0.102. The van der Waals surface area contributed by atoms with Gasteiger partial charge in [-0.25, -0.2) is 4.98 Å². The number of hydrogen-bond acceptors (Lipinski definition) is 7. The monoisotopic (exact) mass is 448 g/mol. The molecule has 2 heterocycles. The number of nitrogens with zero attached hydrogens (tertiary/aromatic N) is 3. The molecule has 2 aromatic carbocycles. The first-order chi connectivity index (χ1) is 15.1. The van der Waals surface area contributed by atoms with Gasteiger partial charge >= 0.3 is 0 Å². The van der Waals surface area contributed by atoms with Crippen LogP contribution in [-0.4, -0.2) is 21.1 Å². The Morgan fingerprint density at radius 2 is 1.94 bits per heavy atom. The van der Waals surface area contributed by atoms with Gasteiger partial charge in [0.1, 0.15) is 10.8 Å². The highest BCUT2D eigenvalue weighted by molar-refractivity contribution is 8.01. The number of carbonyl (C=O) groups is 1. The van der Waals surface area contributed by atoms with Gasteiger partial charge in [0, 0.05) is 22.1 Å². The molecule has 8 heteroatoms. The zero-order valence-corrected chi connectivity index (χ0v) is 18.7. The van der Waals surface area contributed by atoms with E-state index >= 15 is 0 Å². The minimum atomic E-state index is -0.240. The van der Waals surface area contributed by atoms with Crippen LogP contribution < -0.4 is 5.32 Å². The predicted molar refractivity (Wildman–Crippen MR) is 122 cm³/mol. The topological polar surface area (TPSA) is 80.9 Å². The molecule has 5 rings (SSSR count). The lowest BCUT2D eigenvalue weighted by Gasteiger charge is -2.09. The second-order valence-electron chi connectivity index (χ2n) is 7.49. The molecule has 6 nitrogen and oxygen atoms in total. The summed E-state index contributed by atoms with van der Waals surface area (Å²) in [7, 11) is 0. The molecule has 4 aromatic rings. The predicted octanol–water partition coefficient (Wildman–Crippen LogP) is 6.09. The zero-order chi connectivity index (χ0) is 21.4. The van der Waals surface area contributed by atoms with Gasteiger partial charge in [-0.15, -0.1) is 10.2 Å². The van der Waals surface area contributed by atoms with Crippen LogP contribution in [0.5, 0.6) is 0 Å². The van der Waals surface area contributed by atoms with Gasteiger partial charge in [-0.1, -0.05) is 41.3 Å². The maximum absolute atomic E-state index is 13.1. The van der Waals surface area contributed by atoms with E-state index in [0.29, 0.717) is 17.3 Å². The Morgan fingerprint density at radius 3 is 2.61 bits per heavy atom. The summed E-state index contributed by atoms with van der Waals surface area (Å²) in [6, 6.07) is 15.6. The fraction of sp³-hybridized carbons (Fsp3) is 0.217. The van der Waals surface area contributed by atoms with Crippen molar-refractivity contribution in [3.63, 3.8) is 0 Å². The maximum Gasteiger partial charge on any atom is 0.277 e. The molecule has 1 aliphatic carbocycles. The van der Waals surface area contributed by atoms with Crippen molar-refractivity contribution in [3.8, 4) is 11.5 Å². The molecule has 0 spiro atoms. The Labute approximate surface area is 188 Å². The van der Waals surface area contributed by atoms with Crippen molar-refractivity contribution < 1.29 is 9.21 Å². The third-order valence-electron chi connectivity index (χ3n) is 5.00. The molecule has 156 valence electrons. The number of anilines is 1. The van der Waals surface area contributed by atoms with Gasteiger partial charge in [0.25, 0.3) is 5.91 Å². The van der Waals surface area contributed by atoms with Crippen LogP contribution in [0.1, 0.15) is 45.6 Å². The first-order valence-electron chi connectivity index (χ1n) is 10.0. The molecule has 0 bridgehead atoms. The average molecular weight is 449 g/mol. The van der Waals surface area contributed by atoms with E-state index in [9.17, 15) is 4.79 Å². The van der Waals surface area contributed by atoms with E-state index in [-0.39, 0.29) is 11.8 Å². The summed E-state index contributed by atoms with van der Waals surface area (Å²) in [4.78, 5) is 18.7. The smallest absolute Gasteiger partial charge is 0.277 e. The Hall–Kier alpha value is -2.97. The summed E-state index contributed by atoms with van der Waals surface area (Å²) in [6.07, 6.45) is 2.06. The molecule has 0 saturated heterocycles. The average Bonchev–Trinajstić information content (AvgIpc) is 3.38. The Kier molecular flexibility index (Phi) is 5.33. The molecule has 0 unspecified atom stereocenters. The van der Waals surface area contributed by atoms with Crippen LogP contribution in [0.15, 0.2) is 62.2 Å². The first kappa shape index (κ1) is 20.0. The Balaban J connectivity index is 1.37. The van der Waals surface area contributed by atoms with E-state index in [0.717, 1.165) is 43.9 Å². The lowest BCUT2D eigenvalue weighted by atomic mass is 10.2. The van der Waals surface area contributed by atoms with Crippen molar-refractivity contribution in [3.05, 3.63) is 70.6 Å². The van der Waals surface area contributed by atoms with Crippen molar-refractivity contribution >= 4 is 34.7 Å². The van der Waals surface area contributed by atoms with Crippen molar-refractivity contribution in [2.75, 3.05) is 5.32 Å². The molecule has 1 aliphatic rings. The SMILES string of the molecule is Cc1nnc(Sc2ccc(NC(=O)c3nc(-c4ccccc4)oc3C3CC3)c(C)c2)s1. The molecule has 0 atom stereocenters. The van der Waals surface area contributed by atoms with Crippen LogP contribution >= 0.6 is 23.1 Å². The van der Waals surface area contributed by atoms with E-state index in [2.05, 4.69) is 20.5 Å². The minimum absolute atomic E-state index is 0.240. The standard InChI is InChI=1S/C23H20N4O2S2/c1-13-12-17(31-23-27-26-14(2)30-23)10-11-18(13)24-21(28)19-20(15-8-9-15)29-22(25-19)16-6-4-3-5-7-16/h3-7,10-12,15H,8-9H2,1-2H3,(H,24,28). The lowest BCUT2D eigenvalue weighted by Crippen LogP contribution is -2.15.